The van der Waals surface area contributed by atoms with Crippen molar-refractivity contribution in [3.8, 4) is 11.5 Å². The normalized spacial score (nSPS) is 11.7. The van der Waals surface area contributed by atoms with E-state index in [-0.39, 0.29) is 41.7 Å². The third-order valence-electron chi connectivity index (χ3n) is 3.75. The van der Waals surface area contributed by atoms with Crippen LogP contribution in [0.25, 0.3) is 0 Å². The molecule has 0 saturated carbocycles. The van der Waals surface area contributed by atoms with E-state index in [1.165, 1.54) is 19.2 Å². The predicted octanol–water partition coefficient (Wildman–Crippen LogP) is 3.50. The zero-order valence-corrected chi connectivity index (χ0v) is 15.9. The Kier molecular flexibility index (Phi) is 8.50. The van der Waals surface area contributed by atoms with Crippen LogP contribution in [0.15, 0.2) is 12.1 Å². The maximum Gasteiger partial charge on any atom is 0.308 e. The van der Waals surface area contributed by atoms with Gasteiger partial charge in [-0.2, -0.15) is 0 Å². The average Bonchev–Trinajstić information content (AvgIpc) is 2.60. The van der Waals surface area contributed by atoms with Gasteiger partial charge in [-0.15, -0.1) is 0 Å². The molecule has 1 N–H and O–H groups in total. The molecule has 1 aromatic rings. The van der Waals surface area contributed by atoms with Gasteiger partial charge in [-0.1, -0.05) is 13.8 Å². The molecule has 0 heterocycles. The highest BCUT2D eigenvalue weighted by atomic mass is 16.6. The van der Waals surface area contributed by atoms with Crippen LogP contribution >= 0.6 is 0 Å². The molecule has 0 aliphatic heterocycles. The zero-order valence-electron chi connectivity index (χ0n) is 15.9. The van der Waals surface area contributed by atoms with Crippen LogP contribution in [0.2, 0.25) is 0 Å². The summed E-state index contributed by atoms with van der Waals surface area (Å²) in [7, 11) is 1.40. The third kappa shape index (κ3) is 6.76. The Morgan fingerprint density at radius 3 is 2.37 bits per heavy atom. The second-order valence-electron chi connectivity index (χ2n) is 6.25. The quantitative estimate of drug-likeness (QED) is 0.266. The summed E-state index contributed by atoms with van der Waals surface area (Å²) in [6.07, 6.45) is 0.102. The van der Waals surface area contributed by atoms with Gasteiger partial charge in [-0.25, -0.2) is 0 Å². The number of nitrogens with zero attached hydrogens (tertiary/aromatic N) is 1. The number of benzene rings is 1. The summed E-state index contributed by atoms with van der Waals surface area (Å²) < 4.78 is 16.0. The average molecular weight is 383 g/mol. The van der Waals surface area contributed by atoms with E-state index >= 15 is 0 Å². The molecule has 0 bridgehead atoms. The Morgan fingerprint density at radius 2 is 1.85 bits per heavy atom. The first-order valence-corrected chi connectivity index (χ1v) is 8.58. The highest BCUT2D eigenvalue weighted by Crippen LogP contribution is 2.38. The van der Waals surface area contributed by atoms with Crippen molar-refractivity contribution in [2.24, 2.45) is 5.92 Å². The van der Waals surface area contributed by atoms with E-state index in [9.17, 15) is 19.7 Å². The maximum absolute atomic E-state index is 11.8. The number of unbranched alkanes of at least 4 members (excludes halogenated alkanes) is 1. The van der Waals surface area contributed by atoms with Gasteiger partial charge in [-0.05, 0) is 25.8 Å². The number of hydrogen-bond donors (Lipinski definition) is 1. The number of ether oxygens (including phenoxy) is 3. The van der Waals surface area contributed by atoms with Crippen molar-refractivity contribution in [1.82, 2.24) is 0 Å². The van der Waals surface area contributed by atoms with Crippen molar-refractivity contribution in [3.05, 3.63) is 27.8 Å². The van der Waals surface area contributed by atoms with Gasteiger partial charge in [-0.3, -0.25) is 19.7 Å². The largest absolute Gasteiger partial charge is 0.493 e. The SMILES string of the molecule is COc1cc(C(C)OC(=O)C(C)C)c([N+](=O)[O-])cc1OCCCCC(=O)O. The lowest BCUT2D eigenvalue weighted by atomic mass is 10.1. The highest BCUT2D eigenvalue weighted by Gasteiger charge is 2.26. The first-order valence-electron chi connectivity index (χ1n) is 8.58. The maximum atomic E-state index is 11.8. The molecule has 1 unspecified atom stereocenters. The lowest BCUT2D eigenvalue weighted by molar-refractivity contribution is -0.386. The number of nitro groups is 1. The first kappa shape index (κ1) is 22.2. The monoisotopic (exact) mass is 383 g/mol. The zero-order chi connectivity index (χ0) is 20.6. The number of rotatable bonds is 11. The van der Waals surface area contributed by atoms with Crippen molar-refractivity contribution in [2.75, 3.05) is 13.7 Å². The number of carbonyl (C=O) groups is 2. The van der Waals surface area contributed by atoms with Gasteiger partial charge < -0.3 is 19.3 Å². The Balaban J connectivity index is 3.01. The molecule has 150 valence electrons. The highest BCUT2D eigenvalue weighted by molar-refractivity contribution is 5.72. The van der Waals surface area contributed by atoms with Crippen LogP contribution in [-0.2, 0) is 14.3 Å². The number of methoxy groups -OCH3 is 1. The van der Waals surface area contributed by atoms with Crippen LogP contribution < -0.4 is 9.47 Å². The topological polar surface area (TPSA) is 125 Å². The van der Waals surface area contributed by atoms with E-state index < -0.39 is 23.0 Å². The number of carboxylic acids is 1. The molecule has 0 aromatic heterocycles. The molecule has 0 saturated heterocycles. The van der Waals surface area contributed by atoms with E-state index in [4.69, 9.17) is 19.3 Å². The summed E-state index contributed by atoms with van der Waals surface area (Å²) in [5, 5.41) is 20.1. The molecule has 0 aliphatic rings. The number of carboxylic acid groups (broad SMARTS) is 1. The van der Waals surface area contributed by atoms with Crippen LogP contribution in [0.4, 0.5) is 5.69 Å². The van der Waals surface area contributed by atoms with E-state index in [0.717, 1.165) is 0 Å². The summed E-state index contributed by atoms with van der Waals surface area (Å²) in [5.74, 6) is -1.28. The van der Waals surface area contributed by atoms with E-state index in [1.807, 2.05) is 0 Å². The van der Waals surface area contributed by atoms with Crippen LogP contribution in [0, 0.1) is 16.0 Å². The standard InChI is InChI=1S/C18H25NO8/c1-11(2)18(22)27-12(3)13-9-15(25-4)16(10-14(13)19(23)24)26-8-6-5-7-17(20)21/h9-12H,5-8H2,1-4H3,(H,20,21). The molecular formula is C18H25NO8. The molecular weight excluding hydrogens is 358 g/mol. The Labute approximate surface area is 157 Å². The van der Waals surface area contributed by atoms with Crippen LogP contribution in [0.3, 0.4) is 0 Å². The van der Waals surface area contributed by atoms with Gasteiger partial charge in [0.15, 0.2) is 11.5 Å². The first-order chi connectivity index (χ1) is 12.7. The van der Waals surface area contributed by atoms with E-state index in [2.05, 4.69) is 0 Å². The van der Waals surface area contributed by atoms with Gasteiger partial charge >= 0.3 is 11.9 Å². The molecule has 0 fully saturated rings. The summed E-state index contributed by atoms with van der Waals surface area (Å²) in [6.45, 7) is 5.09. The Morgan fingerprint density at radius 1 is 1.19 bits per heavy atom. The molecule has 9 nitrogen and oxygen atoms in total. The smallest absolute Gasteiger partial charge is 0.308 e. The fraction of sp³-hybridized carbons (Fsp3) is 0.556. The molecule has 9 heteroatoms. The van der Waals surface area contributed by atoms with Crippen LogP contribution in [0.1, 0.15) is 51.7 Å². The molecule has 0 spiro atoms. The molecule has 1 rings (SSSR count). The minimum atomic E-state index is -0.891. The van der Waals surface area contributed by atoms with Crippen molar-refractivity contribution >= 4 is 17.6 Å². The van der Waals surface area contributed by atoms with Crippen molar-refractivity contribution in [2.45, 2.75) is 46.1 Å². The molecule has 0 aliphatic carbocycles. The summed E-state index contributed by atoms with van der Waals surface area (Å²) in [4.78, 5) is 33.2. The number of hydrogen-bond acceptors (Lipinski definition) is 7. The van der Waals surface area contributed by atoms with Gasteiger partial charge in [0, 0.05) is 6.42 Å². The fourth-order valence-electron chi connectivity index (χ4n) is 2.26. The number of esters is 1. The molecule has 0 amide bonds. The van der Waals surface area contributed by atoms with E-state index in [1.54, 1.807) is 20.8 Å². The minimum absolute atomic E-state index is 0.0261. The van der Waals surface area contributed by atoms with Gasteiger partial charge in [0.2, 0.25) is 0 Å². The lowest BCUT2D eigenvalue weighted by Crippen LogP contribution is -2.15. The van der Waals surface area contributed by atoms with E-state index in [0.29, 0.717) is 12.8 Å². The minimum Gasteiger partial charge on any atom is -0.493 e. The summed E-state index contributed by atoms with van der Waals surface area (Å²) in [6, 6.07) is 2.65. The Bertz CT molecular complexity index is 686. The number of carbonyl (C=O) groups excluding carboxylic acids is 1. The second-order valence-corrected chi connectivity index (χ2v) is 6.25. The van der Waals surface area contributed by atoms with Crippen LogP contribution in [-0.4, -0.2) is 35.7 Å². The molecule has 1 aromatic carbocycles. The third-order valence-corrected chi connectivity index (χ3v) is 3.75. The van der Waals surface area contributed by atoms with Crippen molar-refractivity contribution in [3.63, 3.8) is 0 Å². The molecule has 0 radical (unpaired) electrons. The second kappa shape index (κ2) is 10.3. The van der Waals surface area contributed by atoms with Crippen molar-refractivity contribution in [1.29, 1.82) is 0 Å². The van der Waals surface area contributed by atoms with Gasteiger partial charge in [0.1, 0.15) is 6.10 Å². The Hall–Kier alpha value is -2.84. The van der Waals surface area contributed by atoms with Gasteiger partial charge in [0.05, 0.1) is 36.2 Å². The molecule has 27 heavy (non-hydrogen) atoms. The summed E-state index contributed by atoms with van der Waals surface area (Å²) >= 11 is 0. The summed E-state index contributed by atoms with van der Waals surface area (Å²) in [5.41, 5.74) is -0.0514. The fourth-order valence-corrected chi connectivity index (χ4v) is 2.26. The van der Waals surface area contributed by atoms with Crippen LogP contribution in [0.5, 0.6) is 11.5 Å². The number of aliphatic carboxylic acids is 1. The predicted molar refractivity (Wildman–Crippen MR) is 96.0 cm³/mol. The van der Waals surface area contributed by atoms with Gasteiger partial charge in [0.25, 0.3) is 5.69 Å². The lowest BCUT2D eigenvalue weighted by Gasteiger charge is -2.18. The molecule has 1 atom stereocenters. The number of nitro benzene ring substituents is 1. The van der Waals surface area contributed by atoms with Crippen molar-refractivity contribution < 1.29 is 33.8 Å².